The van der Waals surface area contributed by atoms with Gasteiger partial charge in [-0.2, -0.15) is 0 Å². The van der Waals surface area contributed by atoms with Gasteiger partial charge in [-0.1, -0.05) is 25.5 Å². The minimum absolute atomic E-state index is 0.0211. The highest BCUT2D eigenvalue weighted by Crippen LogP contribution is 2.22. The fraction of sp³-hybridized carbons (Fsp3) is 0.750. The fourth-order valence-corrected chi connectivity index (χ4v) is 2.44. The summed E-state index contributed by atoms with van der Waals surface area (Å²) in [4.78, 5) is 13.1. The summed E-state index contributed by atoms with van der Waals surface area (Å²) in [5.74, 6) is -0.296. The van der Waals surface area contributed by atoms with Crippen LogP contribution in [0.2, 0.25) is 0 Å². The van der Waals surface area contributed by atoms with Crippen molar-refractivity contribution < 1.29 is 9.90 Å². The van der Waals surface area contributed by atoms with Crippen LogP contribution in [-0.4, -0.2) is 50.6 Å². The van der Waals surface area contributed by atoms with Gasteiger partial charge >= 0.3 is 5.97 Å². The highest BCUT2D eigenvalue weighted by Gasteiger charge is 2.30. The van der Waals surface area contributed by atoms with E-state index in [0.717, 1.165) is 25.6 Å². The Balaban J connectivity index is 1.79. The Morgan fingerprint density at radius 3 is 2.89 bits per heavy atom. The minimum atomic E-state index is -1.02. The highest BCUT2D eigenvalue weighted by molar-refractivity contribution is 5.84. The second-order valence-corrected chi connectivity index (χ2v) is 5.16. The zero-order chi connectivity index (χ0) is 13.1. The van der Waals surface area contributed by atoms with Crippen molar-refractivity contribution >= 4 is 5.97 Å². The first-order chi connectivity index (χ1) is 8.60. The van der Waals surface area contributed by atoms with E-state index < -0.39 is 5.97 Å². The summed E-state index contributed by atoms with van der Waals surface area (Å²) in [6.07, 6.45) is 4.00. The van der Waals surface area contributed by atoms with E-state index in [4.69, 9.17) is 5.11 Å². The maximum Gasteiger partial charge on any atom is 0.358 e. The Morgan fingerprint density at radius 1 is 1.61 bits per heavy atom. The Hall–Kier alpha value is -1.43. The molecule has 0 spiro atoms. The first kappa shape index (κ1) is 13.0. The molecule has 1 N–H and O–H groups in total. The molecule has 1 unspecified atom stereocenters. The van der Waals surface area contributed by atoms with Gasteiger partial charge in [0, 0.05) is 19.6 Å². The third-order valence-corrected chi connectivity index (χ3v) is 3.39. The minimum Gasteiger partial charge on any atom is -0.476 e. The van der Waals surface area contributed by atoms with E-state index in [2.05, 4.69) is 29.1 Å². The molecule has 0 radical (unpaired) electrons. The Bertz CT molecular complexity index is 412. The summed E-state index contributed by atoms with van der Waals surface area (Å²) in [6, 6.07) is 0.277. The molecule has 1 atom stereocenters. The van der Waals surface area contributed by atoms with E-state index in [-0.39, 0.29) is 11.7 Å². The Morgan fingerprint density at radius 2 is 2.33 bits per heavy atom. The third kappa shape index (κ3) is 2.87. The van der Waals surface area contributed by atoms with Crippen LogP contribution in [0, 0.1) is 5.92 Å². The highest BCUT2D eigenvalue weighted by atomic mass is 16.4. The van der Waals surface area contributed by atoms with Gasteiger partial charge < -0.3 is 5.11 Å². The summed E-state index contributed by atoms with van der Waals surface area (Å²) < 4.78 is 1.67. The number of carboxylic acids is 1. The van der Waals surface area contributed by atoms with Gasteiger partial charge in [0.05, 0.1) is 12.2 Å². The molecular formula is C12H20N4O2. The topological polar surface area (TPSA) is 71.2 Å². The lowest BCUT2D eigenvalue weighted by Crippen LogP contribution is -2.49. The summed E-state index contributed by atoms with van der Waals surface area (Å²) in [5.41, 5.74) is 0.0211. The molecule has 0 saturated carbocycles. The van der Waals surface area contributed by atoms with Crippen LogP contribution in [0.3, 0.4) is 0 Å². The molecule has 1 fully saturated rings. The summed E-state index contributed by atoms with van der Waals surface area (Å²) in [6.45, 7) is 7.48. The molecule has 0 bridgehead atoms. The van der Waals surface area contributed by atoms with Gasteiger partial charge in [-0.25, -0.2) is 9.48 Å². The van der Waals surface area contributed by atoms with Crippen LogP contribution < -0.4 is 0 Å². The predicted molar refractivity (Wildman–Crippen MR) is 66.5 cm³/mol. The van der Waals surface area contributed by atoms with Crippen molar-refractivity contribution in [3.63, 3.8) is 0 Å². The molecule has 100 valence electrons. The first-order valence-corrected chi connectivity index (χ1v) is 6.47. The molecule has 1 aliphatic heterocycles. The van der Waals surface area contributed by atoms with Crippen LogP contribution >= 0.6 is 0 Å². The van der Waals surface area contributed by atoms with Crippen LogP contribution in [0.4, 0.5) is 0 Å². The van der Waals surface area contributed by atoms with Crippen molar-refractivity contribution in [1.29, 1.82) is 0 Å². The largest absolute Gasteiger partial charge is 0.476 e. The molecule has 1 aliphatic rings. The van der Waals surface area contributed by atoms with E-state index >= 15 is 0 Å². The summed E-state index contributed by atoms with van der Waals surface area (Å²) in [7, 11) is 0. The second kappa shape index (κ2) is 5.48. The van der Waals surface area contributed by atoms with Crippen molar-refractivity contribution in [2.24, 2.45) is 5.92 Å². The third-order valence-electron chi connectivity index (χ3n) is 3.39. The van der Waals surface area contributed by atoms with E-state index in [1.54, 1.807) is 4.68 Å². The molecule has 0 aliphatic carbocycles. The molecule has 1 saturated heterocycles. The number of hydrogen-bond acceptors (Lipinski definition) is 4. The predicted octanol–water partition coefficient (Wildman–Crippen LogP) is 1.27. The van der Waals surface area contributed by atoms with Gasteiger partial charge in [0.15, 0.2) is 5.69 Å². The van der Waals surface area contributed by atoms with Crippen LogP contribution in [-0.2, 0) is 0 Å². The lowest BCUT2D eigenvalue weighted by molar-refractivity contribution is 0.0689. The molecule has 2 rings (SSSR count). The summed E-state index contributed by atoms with van der Waals surface area (Å²) >= 11 is 0. The average Bonchev–Trinajstić information content (AvgIpc) is 2.72. The second-order valence-electron chi connectivity index (χ2n) is 5.16. The normalized spacial score (nSPS) is 18.6. The lowest BCUT2D eigenvalue weighted by atomic mass is 10.0. The van der Waals surface area contributed by atoms with Gasteiger partial charge in [0.1, 0.15) is 0 Å². The standard InChI is InChI=1S/C12H20N4O2/c1-3-4-9(2)5-15-6-10(7-15)16-8-11(12(17)18)13-14-16/h8-10H,3-7H2,1-2H3,(H,17,18). The number of aromatic carboxylic acids is 1. The van der Waals surface area contributed by atoms with Crippen molar-refractivity contribution in [1.82, 2.24) is 19.9 Å². The van der Waals surface area contributed by atoms with Crippen LogP contribution in [0.1, 0.15) is 43.2 Å². The van der Waals surface area contributed by atoms with E-state index in [1.807, 2.05) is 0 Å². The van der Waals surface area contributed by atoms with Crippen LogP contribution in [0.5, 0.6) is 0 Å². The maximum atomic E-state index is 10.7. The van der Waals surface area contributed by atoms with Crippen molar-refractivity contribution in [2.45, 2.75) is 32.7 Å². The number of carbonyl (C=O) groups is 1. The van der Waals surface area contributed by atoms with Gasteiger partial charge in [-0.15, -0.1) is 5.10 Å². The van der Waals surface area contributed by atoms with Crippen LogP contribution in [0.25, 0.3) is 0 Å². The molecule has 18 heavy (non-hydrogen) atoms. The van der Waals surface area contributed by atoms with E-state index in [9.17, 15) is 4.79 Å². The number of rotatable bonds is 6. The molecule has 6 heteroatoms. The molecule has 0 aromatic carbocycles. The number of aromatic nitrogens is 3. The SMILES string of the molecule is CCCC(C)CN1CC(n2cc(C(=O)O)nn2)C1. The van der Waals surface area contributed by atoms with Gasteiger partial charge in [-0.3, -0.25) is 4.90 Å². The van der Waals surface area contributed by atoms with Crippen molar-refractivity contribution in [3.8, 4) is 0 Å². The Labute approximate surface area is 107 Å². The molecule has 0 amide bonds. The molecule has 1 aromatic heterocycles. The van der Waals surface area contributed by atoms with E-state index in [0.29, 0.717) is 0 Å². The molecular weight excluding hydrogens is 232 g/mol. The smallest absolute Gasteiger partial charge is 0.358 e. The molecule has 1 aromatic rings. The van der Waals surface area contributed by atoms with E-state index in [1.165, 1.54) is 19.0 Å². The monoisotopic (exact) mass is 252 g/mol. The average molecular weight is 252 g/mol. The zero-order valence-electron chi connectivity index (χ0n) is 10.9. The zero-order valence-corrected chi connectivity index (χ0v) is 10.9. The van der Waals surface area contributed by atoms with Crippen molar-refractivity contribution in [2.75, 3.05) is 19.6 Å². The number of nitrogens with zero attached hydrogens (tertiary/aromatic N) is 4. The van der Waals surface area contributed by atoms with Crippen LogP contribution in [0.15, 0.2) is 6.20 Å². The lowest BCUT2D eigenvalue weighted by Gasteiger charge is -2.40. The van der Waals surface area contributed by atoms with Gasteiger partial charge in [-0.05, 0) is 12.3 Å². The number of hydrogen-bond donors (Lipinski definition) is 1. The van der Waals surface area contributed by atoms with Gasteiger partial charge in [0.2, 0.25) is 0 Å². The fourth-order valence-electron chi connectivity index (χ4n) is 2.44. The first-order valence-electron chi connectivity index (χ1n) is 6.47. The molecule has 6 nitrogen and oxygen atoms in total. The van der Waals surface area contributed by atoms with Gasteiger partial charge in [0.25, 0.3) is 0 Å². The Kier molecular flexibility index (Phi) is 3.96. The number of likely N-dealkylation sites (tertiary alicyclic amines) is 1. The molecule has 2 heterocycles. The van der Waals surface area contributed by atoms with Crippen molar-refractivity contribution in [3.05, 3.63) is 11.9 Å². The quantitative estimate of drug-likeness (QED) is 0.825. The number of carboxylic acid groups (broad SMARTS) is 1. The maximum absolute atomic E-state index is 10.7. The summed E-state index contributed by atoms with van der Waals surface area (Å²) in [5, 5.41) is 16.3.